The first-order valence-corrected chi connectivity index (χ1v) is 9.03. The van der Waals surface area contributed by atoms with E-state index in [9.17, 15) is 9.59 Å². The van der Waals surface area contributed by atoms with E-state index in [-0.39, 0.29) is 23.8 Å². The van der Waals surface area contributed by atoms with Gasteiger partial charge in [-0.2, -0.15) is 0 Å². The Kier molecular flexibility index (Phi) is 5.09. The molecule has 2 bridgehead atoms. The highest BCUT2D eigenvalue weighted by molar-refractivity contribution is 6.06. The van der Waals surface area contributed by atoms with Gasteiger partial charge in [0.15, 0.2) is 5.78 Å². The lowest BCUT2D eigenvalue weighted by Crippen LogP contribution is -2.60. The molecule has 2 heterocycles. The Balaban J connectivity index is 1.97. The molecule has 3 rings (SSSR count). The fourth-order valence-electron chi connectivity index (χ4n) is 4.43. The number of hydrogen-bond acceptors (Lipinski definition) is 4. The molecule has 0 N–H and O–H groups in total. The van der Waals surface area contributed by atoms with Crippen LogP contribution in [0, 0.1) is 5.41 Å². The number of Topliss-reactive ketones (excluding diaryl/α,β-unsaturated/α-hetero) is 1. The number of nitrogens with zero attached hydrogens (tertiary/aromatic N) is 1. The number of methoxy groups -OCH3 is 1. The van der Waals surface area contributed by atoms with Gasteiger partial charge in [0.1, 0.15) is 5.41 Å². The van der Waals surface area contributed by atoms with Gasteiger partial charge in [-0.3, -0.25) is 14.5 Å². The van der Waals surface area contributed by atoms with E-state index in [0.29, 0.717) is 12.8 Å². The Morgan fingerprint density at radius 1 is 1.28 bits per heavy atom. The van der Waals surface area contributed by atoms with Crippen LogP contribution in [0.15, 0.2) is 42.0 Å². The smallest absolute Gasteiger partial charge is 0.321 e. The van der Waals surface area contributed by atoms with E-state index >= 15 is 0 Å². The number of benzene rings is 1. The number of fused-ring (bicyclic) bond motifs is 2. The standard InChI is InChI=1S/C21H27NO3/c1-15(2)11-12-21(20(24)25-3)18-10-9-17(13-19(21)23)22(18)14-16-7-5-4-6-8-16/h4-8,11,17-18H,9-10,12-14H2,1-3H3/t17-,18-,21+/m1/s1. The molecule has 2 aliphatic rings. The molecular formula is C21H27NO3. The number of hydrogen-bond donors (Lipinski definition) is 0. The SMILES string of the molecule is COC(=O)[C@]1(CC=C(C)C)C(=O)C[C@H]2CC[C@H]1N2Cc1ccccc1. The van der Waals surface area contributed by atoms with Crippen LogP contribution < -0.4 is 0 Å². The van der Waals surface area contributed by atoms with Gasteiger partial charge in [0.05, 0.1) is 7.11 Å². The molecule has 1 aromatic carbocycles. The van der Waals surface area contributed by atoms with E-state index in [1.807, 2.05) is 38.1 Å². The molecule has 2 saturated heterocycles. The monoisotopic (exact) mass is 341 g/mol. The summed E-state index contributed by atoms with van der Waals surface area (Å²) >= 11 is 0. The maximum atomic E-state index is 13.0. The van der Waals surface area contributed by atoms with Crippen LogP contribution in [0.5, 0.6) is 0 Å². The van der Waals surface area contributed by atoms with Gasteiger partial charge in [0, 0.05) is 25.0 Å². The molecule has 0 aromatic heterocycles. The fraction of sp³-hybridized carbons (Fsp3) is 0.524. The van der Waals surface area contributed by atoms with Crippen LogP contribution in [0.2, 0.25) is 0 Å². The van der Waals surface area contributed by atoms with Crippen molar-refractivity contribution in [2.45, 2.75) is 58.2 Å². The van der Waals surface area contributed by atoms with Crippen molar-refractivity contribution < 1.29 is 14.3 Å². The second-order valence-electron chi connectivity index (χ2n) is 7.48. The third kappa shape index (κ3) is 3.15. The van der Waals surface area contributed by atoms with E-state index in [1.54, 1.807) is 0 Å². The van der Waals surface area contributed by atoms with Crippen LogP contribution >= 0.6 is 0 Å². The average molecular weight is 341 g/mol. The molecule has 134 valence electrons. The lowest BCUT2D eigenvalue weighted by atomic mass is 9.69. The third-order valence-corrected chi connectivity index (χ3v) is 5.72. The van der Waals surface area contributed by atoms with Crippen LogP contribution in [0.25, 0.3) is 0 Å². The van der Waals surface area contributed by atoms with Gasteiger partial charge in [0.25, 0.3) is 0 Å². The number of ketones is 1. The zero-order valence-electron chi connectivity index (χ0n) is 15.3. The molecule has 2 aliphatic heterocycles. The van der Waals surface area contributed by atoms with Crippen LogP contribution in [0.4, 0.5) is 0 Å². The molecule has 0 unspecified atom stereocenters. The summed E-state index contributed by atoms with van der Waals surface area (Å²) in [5.41, 5.74) is 1.27. The minimum absolute atomic E-state index is 0.0497. The second-order valence-corrected chi connectivity index (χ2v) is 7.48. The average Bonchev–Trinajstić information content (AvgIpc) is 2.91. The Morgan fingerprint density at radius 3 is 2.64 bits per heavy atom. The minimum atomic E-state index is -1.06. The summed E-state index contributed by atoms with van der Waals surface area (Å²) in [5.74, 6) is -0.327. The molecule has 4 nitrogen and oxygen atoms in total. The molecule has 25 heavy (non-hydrogen) atoms. The van der Waals surface area contributed by atoms with Gasteiger partial charge in [-0.05, 0) is 38.7 Å². The van der Waals surface area contributed by atoms with Crippen molar-refractivity contribution in [3.8, 4) is 0 Å². The number of piperidine rings is 1. The van der Waals surface area contributed by atoms with Crippen LogP contribution in [-0.2, 0) is 20.9 Å². The molecule has 0 spiro atoms. The van der Waals surface area contributed by atoms with Crippen molar-refractivity contribution in [3.63, 3.8) is 0 Å². The number of ether oxygens (including phenoxy) is 1. The molecule has 3 atom stereocenters. The maximum Gasteiger partial charge on any atom is 0.321 e. The van der Waals surface area contributed by atoms with Gasteiger partial charge < -0.3 is 4.74 Å². The van der Waals surface area contributed by atoms with Gasteiger partial charge in [0.2, 0.25) is 0 Å². The highest BCUT2D eigenvalue weighted by Gasteiger charge is 2.60. The molecule has 0 radical (unpaired) electrons. The van der Waals surface area contributed by atoms with Crippen LogP contribution in [0.1, 0.15) is 45.1 Å². The summed E-state index contributed by atoms with van der Waals surface area (Å²) in [7, 11) is 1.39. The first kappa shape index (κ1) is 17.9. The number of rotatable bonds is 5. The van der Waals surface area contributed by atoms with Gasteiger partial charge in [-0.25, -0.2) is 0 Å². The zero-order chi connectivity index (χ0) is 18.0. The first-order chi connectivity index (χ1) is 12.0. The number of allylic oxidation sites excluding steroid dienone is 2. The highest BCUT2D eigenvalue weighted by atomic mass is 16.5. The largest absolute Gasteiger partial charge is 0.468 e. The Hall–Kier alpha value is -1.94. The summed E-state index contributed by atoms with van der Waals surface area (Å²) in [6, 6.07) is 10.4. The number of carbonyl (C=O) groups is 2. The lowest BCUT2D eigenvalue weighted by molar-refractivity contribution is -0.166. The maximum absolute atomic E-state index is 13.0. The molecule has 0 amide bonds. The van der Waals surface area contributed by atoms with Crippen molar-refractivity contribution in [1.82, 2.24) is 4.90 Å². The molecule has 0 saturated carbocycles. The summed E-state index contributed by atoms with van der Waals surface area (Å²) in [6.45, 7) is 4.77. The predicted octanol–water partition coefficient (Wildman–Crippen LogP) is 3.51. The fourth-order valence-corrected chi connectivity index (χ4v) is 4.43. The van der Waals surface area contributed by atoms with Crippen molar-refractivity contribution in [2.24, 2.45) is 5.41 Å². The number of esters is 1. The Morgan fingerprint density at radius 2 is 2.00 bits per heavy atom. The van der Waals surface area contributed by atoms with E-state index in [0.717, 1.165) is 25.0 Å². The van der Waals surface area contributed by atoms with Crippen molar-refractivity contribution >= 4 is 11.8 Å². The topological polar surface area (TPSA) is 46.6 Å². The molecular weight excluding hydrogens is 314 g/mol. The molecule has 0 aliphatic carbocycles. The highest BCUT2D eigenvalue weighted by Crippen LogP contribution is 2.48. The molecule has 4 heteroatoms. The predicted molar refractivity (Wildman–Crippen MR) is 96.9 cm³/mol. The van der Waals surface area contributed by atoms with Crippen molar-refractivity contribution in [1.29, 1.82) is 0 Å². The van der Waals surface area contributed by atoms with E-state index in [2.05, 4.69) is 17.0 Å². The minimum Gasteiger partial charge on any atom is -0.468 e. The Bertz CT molecular complexity index is 678. The second kappa shape index (κ2) is 7.12. The summed E-state index contributed by atoms with van der Waals surface area (Å²) in [4.78, 5) is 28.2. The first-order valence-electron chi connectivity index (χ1n) is 9.03. The van der Waals surface area contributed by atoms with Crippen LogP contribution in [0.3, 0.4) is 0 Å². The lowest BCUT2D eigenvalue weighted by Gasteiger charge is -2.45. The normalized spacial score (nSPS) is 28.7. The van der Waals surface area contributed by atoms with Crippen LogP contribution in [-0.4, -0.2) is 35.8 Å². The molecule has 1 aromatic rings. The summed E-state index contributed by atoms with van der Waals surface area (Å²) in [6.07, 6.45) is 4.72. The van der Waals surface area contributed by atoms with Gasteiger partial charge in [-0.15, -0.1) is 0 Å². The summed E-state index contributed by atoms with van der Waals surface area (Å²) < 4.78 is 5.13. The number of carbonyl (C=O) groups excluding carboxylic acids is 2. The summed E-state index contributed by atoms with van der Waals surface area (Å²) in [5, 5.41) is 0. The van der Waals surface area contributed by atoms with E-state index < -0.39 is 5.41 Å². The van der Waals surface area contributed by atoms with E-state index in [1.165, 1.54) is 12.7 Å². The third-order valence-electron chi connectivity index (χ3n) is 5.72. The molecule has 2 fully saturated rings. The van der Waals surface area contributed by atoms with Crippen molar-refractivity contribution in [3.05, 3.63) is 47.5 Å². The quantitative estimate of drug-likeness (QED) is 0.467. The zero-order valence-corrected chi connectivity index (χ0v) is 15.3. The Labute approximate surface area is 149 Å². The van der Waals surface area contributed by atoms with E-state index in [4.69, 9.17) is 4.74 Å². The van der Waals surface area contributed by atoms with Gasteiger partial charge in [-0.1, -0.05) is 42.0 Å². The van der Waals surface area contributed by atoms with Gasteiger partial charge >= 0.3 is 5.97 Å². The van der Waals surface area contributed by atoms with Crippen molar-refractivity contribution in [2.75, 3.05) is 7.11 Å².